The van der Waals surface area contributed by atoms with Crippen LogP contribution in [0.5, 0.6) is 0 Å². The number of amides is 1. The molecule has 0 bridgehead atoms. The van der Waals surface area contributed by atoms with Gasteiger partial charge in [0.2, 0.25) is 0 Å². The first-order valence-electron chi connectivity index (χ1n) is 19.7. The lowest BCUT2D eigenvalue weighted by molar-refractivity contribution is 0.0698. The van der Waals surface area contributed by atoms with Gasteiger partial charge in [0.15, 0.2) is 34.6 Å². The third kappa shape index (κ3) is 6.87. The van der Waals surface area contributed by atoms with Gasteiger partial charge in [0.25, 0.3) is 5.91 Å². The van der Waals surface area contributed by atoms with Gasteiger partial charge in [0.1, 0.15) is 16.9 Å². The predicted octanol–water partition coefficient (Wildman–Crippen LogP) is 5.69. The van der Waals surface area contributed by atoms with E-state index in [1.54, 1.807) is 17.5 Å². The fraction of sp³-hybridized carbons (Fsp3) is 0.302. The molecule has 302 valence electrons. The summed E-state index contributed by atoms with van der Waals surface area (Å²) in [6.45, 7) is 6.52. The van der Waals surface area contributed by atoms with Crippen LogP contribution in [0.3, 0.4) is 0 Å². The number of carboxylic acid groups (broad SMARTS) is 1. The largest absolute Gasteiger partial charge is 0.478 e. The molecular weight excluding hydrogens is 757 g/mol. The molecule has 6 aromatic heterocycles. The van der Waals surface area contributed by atoms with Gasteiger partial charge in [-0.05, 0) is 88.6 Å². The van der Waals surface area contributed by atoms with Crippen molar-refractivity contribution in [2.75, 3.05) is 83.3 Å². The Kier molecular flexibility index (Phi) is 9.89. The minimum atomic E-state index is -1.10. The number of para-hydroxylation sites is 4. The zero-order valence-electron chi connectivity index (χ0n) is 33.0. The van der Waals surface area contributed by atoms with Crippen molar-refractivity contribution in [3.05, 3.63) is 95.6 Å². The molecule has 2 fully saturated rings. The summed E-state index contributed by atoms with van der Waals surface area (Å²) in [5.41, 5.74) is 5.38. The van der Waals surface area contributed by atoms with Crippen LogP contribution >= 0.6 is 0 Å². The standard InChI is InChI=1S/C22H23FN6O.C21H20FN5O2/c1-24-22(30)15-12-14-13-16(23)21(28-9-5-8-27(2)10-11-28)26-19(14)29-18-7-4-3-6-17(18)25-20(15)29;1-25-7-4-8-26(10-9-25)20-15(22)12-13-11-14(21(28)29)19-23-16-5-2-3-6-17(16)27(19)18(13)24-20/h3-4,6-7,12-13H,5,8-11H2,1-2H3,(H,24,30);2-3,5-6,11-12H,4,7-10H2,1H3,(H,28,29). The lowest BCUT2D eigenvalue weighted by atomic mass is 10.1. The highest BCUT2D eigenvalue weighted by molar-refractivity contribution is 6.06. The number of rotatable bonds is 4. The molecule has 2 N–H and O–H groups in total. The maximum Gasteiger partial charge on any atom is 0.339 e. The number of hydrogen-bond acceptors (Lipinski definition) is 10. The van der Waals surface area contributed by atoms with Gasteiger partial charge in [-0.15, -0.1) is 0 Å². The number of aromatic carboxylic acids is 1. The molecule has 16 heteroatoms. The van der Waals surface area contributed by atoms with Crippen molar-refractivity contribution in [3.8, 4) is 0 Å². The molecule has 0 unspecified atom stereocenters. The van der Waals surface area contributed by atoms with E-state index >= 15 is 8.78 Å². The van der Waals surface area contributed by atoms with Gasteiger partial charge >= 0.3 is 5.97 Å². The Morgan fingerprint density at radius 1 is 0.593 bits per heavy atom. The lowest BCUT2D eigenvalue weighted by Crippen LogP contribution is -2.30. The molecule has 59 heavy (non-hydrogen) atoms. The molecule has 2 aromatic carbocycles. The van der Waals surface area contributed by atoms with Gasteiger partial charge in [-0.1, -0.05) is 24.3 Å². The van der Waals surface area contributed by atoms with E-state index in [1.807, 2.05) is 62.7 Å². The lowest BCUT2D eigenvalue weighted by Gasteiger charge is -2.22. The topological polar surface area (TPSA) is 140 Å². The van der Waals surface area contributed by atoms with E-state index in [0.29, 0.717) is 62.6 Å². The van der Waals surface area contributed by atoms with Crippen molar-refractivity contribution < 1.29 is 23.5 Å². The summed E-state index contributed by atoms with van der Waals surface area (Å²) in [7, 11) is 5.71. The Balaban J connectivity index is 0.000000152. The van der Waals surface area contributed by atoms with Crippen LogP contribution < -0.4 is 15.1 Å². The third-order valence-corrected chi connectivity index (χ3v) is 11.3. The second kappa shape index (κ2) is 15.3. The molecule has 0 spiro atoms. The molecule has 0 aliphatic carbocycles. The minimum absolute atomic E-state index is 0.0269. The molecule has 0 radical (unpaired) electrons. The van der Waals surface area contributed by atoms with Gasteiger partial charge in [0, 0.05) is 57.1 Å². The number of carbonyl (C=O) groups excluding carboxylic acids is 1. The van der Waals surface area contributed by atoms with Crippen molar-refractivity contribution in [2.45, 2.75) is 12.8 Å². The van der Waals surface area contributed by atoms with Crippen molar-refractivity contribution >= 4 is 78.9 Å². The molecule has 2 aliphatic heterocycles. The molecule has 0 atom stereocenters. The SMILES string of the molecule is CN1CCCN(c2nc3c(cc2F)cc(C(=O)O)c2nc4ccccc4n23)CC1.CNC(=O)c1cc2cc(F)c(N3CCCN(C)CC3)nc2n2c1nc1ccccc12. The highest BCUT2D eigenvalue weighted by atomic mass is 19.1. The Morgan fingerprint density at radius 3 is 1.53 bits per heavy atom. The molecule has 2 aliphatic rings. The number of hydrogen-bond donors (Lipinski definition) is 2. The van der Waals surface area contributed by atoms with Crippen molar-refractivity contribution in [1.82, 2.24) is 43.9 Å². The first-order chi connectivity index (χ1) is 28.6. The van der Waals surface area contributed by atoms with Crippen molar-refractivity contribution in [1.29, 1.82) is 0 Å². The van der Waals surface area contributed by atoms with E-state index in [2.05, 4.69) is 44.2 Å². The van der Waals surface area contributed by atoms with Crippen LogP contribution in [0.15, 0.2) is 72.8 Å². The number of halogens is 2. The van der Waals surface area contributed by atoms with Crippen LogP contribution in [0.1, 0.15) is 33.6 Å². The van der Waals surface area contributed by atoms with E-state index in [9.17, 15) is 14.7 Å². The number of likely N-dealkylation sites (N-methyl/N-ethyl adjacent to an activating group) is 2. The summed E-state index contributed by atoms with van der Waals surface area (Å²) in [6.07, 6.45) is 1.88. The number of anilines is 2. The molecule has 0 saturated carbocycles. The van der Waals surface area contributed by atoms with E-state index < -0.39 is 11.8 Å². The molecule has 8 heterocycles. The number of aromatic nitrogens is 6. The van der Waals surface area contributed by atoms with Crippen LogP contribution in [-0.4, -0.2) is 129 Å². The van der Waals surface area contributed by atoms with Crippen LogP contribution in [0.4, 0.5) is 20.4 Å². The summed E-state index contributed by atoms with van der Waals surface area (Å²) in [4.78, 5) is 51.4. The monoisotopic (exact) mass is 799 g/mol. The average Bonchev–Trinajstić information content (AvgIpc) is 3.64. The van der Waals surface area contributed by atoms with Crippen LogP contribution in [0.25, 0.3) is 55.4 Å². The number of imidazole rings is 2. The van der Waals surface area contributed by atoms with Gasteiger partial charge in [-0.3, -0.25) is 13.6 Å². The number of carbonyl (C=O) groups is 2. The van der Waals surface area contributed by atoms with E-state index in [-0.39, 0.29) is 17.3 Å². The van der Waals surface area contributed by atoms with Crippen LogP contribution in [0, 0.1) is 11.6 Å². The summed E-state index contributed by atoms with van der Waals surface area (Å²) >= 11 is 0. The second-order valence-electron chi connectivity index (χ2n) is 15.2. The van der Waals surface area contributed by atoms with Gasteiger partial charge in [-0.25, -0.2) is 33.5 Å². The highest BCUT2D eigenvalue weighted by Gasteiger charge is 2.24. The number of nitrogens with one attached hydrogen (secondary N) is 1. The Hall–Kier alpha value is -6.52. The quantitative estimate of drug-likeness (QED) is 0.227. The summed E-state index contributed by atoms with van der Waals surface area (Å²) < 4.78 is 33.7. The molecule has 10 rings (SSSR count). The number of fused-ring (bicyclic) bond motifs is 10. The van der Waals surface area contributed by atoms with Crippen LogP contribution in [0.2, 0.25) is 0 Å². The molecule has 1 amide bonds. The summed E-state index contributed by atoms with van der Waals surface area (Å²) in [5.74, 6) is -1.54. The van der Waals surface area contributed by atoms with Crippen LogP contribution in [-0.2, 0) is 0 Å². The normalized spacial score (nSPS) is 15.9. The molecular formula is C43H43F2N11O3. The molecule has 14 nitrogen and oxygen atoms in total. The van der Waals surface area contributed by atoms with Crippen molar-refractivity contribution in [2.24, 2.45) is 0 Å². The summed E-state index contributed by atoms with van der Waals surface area (Å²) in [5, 5.41) is 13.3. The maximum atomic E-state index is 15.1. The van der Waals surface area contributed by atoms with E-state index in [1.165, 1.54) is 18.2 Å². The number of benzene rings is 2. The molecule has 2 saturated heterocycles. The van der Waals surface area contributed by atoms with Gasteiger partial charge in [-0.2, -0.15) is 0 Å². The zero-order valence-corrected chi connectivity index (χ0v) is 33.0. The smallest absolute Gasteiger partial charge is 0.339 e. The fourth-order valence-corrected chi connectivity index (χ4v) is 8.24. The van der Waals surface area contributed by atoms with Gasteiger partial charge in [0.05, 0.1) is 27.6 Å². The predicted molar refractivity (Wildman–Crippen MR) is 225 cm³/mol. The number of carboxylic acids is 1. The second-order valence-corrected chi connectivity index (χ2v) is 15.2. The minimum Gasteiger partial charge on any atom is -0.478 e. The Morgan fingerprint density at radius 2 is 1.05 bits per heavy atom. The van der Waals surface area contributed by atoms with E-state index in [4.69, 9.17) is 4.98 Å². The van der Waals surface area contributed by atoms with E-state index in [0.717, 1.165) is 75.2 Å². The first-order valence-corrected chi connectivity index (χ1v) is 19.7. The number of pyridine rings is 4. The molecule has 8 aromatic rings. The van der Waals surface area contributed by atoms with Gasteiger partial charge < -0.3 is 30.0 Å². The average molecular weight is 800 g/mol. The first kappa shape index (κ1) is 38.0. The zero-order chi connectivity index (χ0) is 40.9. The highest BCUT2D eigenvalue weighted by Crippen LogP contribution is 2.31. The Bertz CT molecular complexity index is 2950. The Labute approximate surface area is 337 Å². The summed E-state index contributed by atoms with van der Waals surface area (Å²) in [6, 6.07) is 21.1. The number of nitrogens with zero attached hydrogens (tertiary/aromatic N) is 10. The maximum absolute atomic E-state index is 15.1. The van der Waals surface area contributed by atoms with Crippen molar-refractivity contribution in [3.63, 3.8) is 0 Å². The third-order valence-electron chi connectivity index (χ3n) is 11.3. The fourth-order valence-electron chi connectivity index (χ4n) is 8.24.